The highest BCUT2D eigenvalue weighted by atomic mass is 32.1. The predicted octanol–water partition coefficient (Wildman–Crippen LogP) is 3.95. The molecule has 3 aromatic rings. The maximum Gasteiger partial charge on any atom is 0.242 e. The molecule has 6 heteroatoms. The van der Waals surface area contributed by atoms with Gasteiger partial charge in [-0.15, -0.1) is 11.3 Å². The molecule has 1 saturated heterocycles. The number of carbonyl (C=O) groups excluding carboxylic acids is 1. The number of hydrogen-bond donors (Lipinski definition) is 1. The van der Waals surface area contributed by atoms with Crippen LogP contribution in [0, 0.1) is 0 Å². The van der Waals surface area contributed by atoms with Crippen molar-refractivity contribution < 1.29 is 4.79 Å². The van der Waals surface area contributed by atoms with Gasteiger partial charge in [-0.25, -0.2) is 4.98 Å². The van der Waals surface area contributed by atoms with E-state index in [1.807, 2.05) is 24.3 Å². The minimum atomic E-state index is -0.201. The fourth-order valence-electron chi connectivity index (χ4n) is 4.17. The van der Waals surface area contributed by atoms with Gasteiger partial charge in [0.25, 0.3) is 0 Å². The van der Waals surface area contributed by atoms with Crippen molar-refractivity contribution in [2.75, 3.05) is 26.2 Å². The fourth-order valence-corrected chi connectivity index (χ4v) is 4.99. The highest BCUT2D eigenvalue weighted by molar-refractivity contribution is 7.13. The van der Waals surface area contributed by atoms with Crippen LogP contribution in [0.5, 0.6) is 0 Å². The van der Waals surface area contributed by atoms with Crippen LogP contribution in [-0.2, 0) is 11.3 Å². The Morgan fingerprint density at radius 2 is 1.68 bits per heavy atom. The Labute approximate surface area is 187 Å². The van der Waals surface area contributed by atoms with Crippen LogP contribution in [0.1, 0.15) is 30.1 Å². The van der Waals surface area contributed by atoms with Crippen LogP contribution in [-0.4, -0.2) is 52.9 Å². The summed E-state index contributed by atoms with van der Waals surface area (Å²) in [6.07, 6.45) is 2.22. The van der Waals surface area contributed by atoms with Gasteiger partial charge in [-0.3, -0.25) is 14.6 Å². The van der Waals surface area contributed by atoms with Crippen molar-refractivity contribution in [3.63, 3.8) is 0 Å². The van der Waals surface area contributed by atoms with Crippen molar-refractivity contribution in [2.45, 2.75) is 31.5 Å². The molecule has 1 aromatic heterocycles. The number of amides is 1. The fraction of sp³-hybridized carbons (Fsp3) is 0.360. The summed E-state index contributed by atoms with van der Waals surface area (Å²) in [7, 11) is 0. The molecular weight excluding hydrogens is 404 g/mol. The molecule has 160 valence electrons. The molecule has 1 saturated carbocycles. The number of benzene rings is 2. The maximum atomic E-state index is 13.0. The Bertz CT molecular complexity index is 995. The second kappa shape index (κ2) is 9.30. The average Bonchev–Trinajstić information content (AvgIpc) is 3.50. The van der Waals surface area contributed by atoms with Crippen LogP contribution in [0.25, 0.3) is 10.6 Å². The zero-order valence-corrected chi connectivity index (χ0v) is 18.4. The summed E-state index contributed by atoms with van der Waals surface area (Å²) in [6.45, 7) is 4.51. The summed E-state index contributed by atoms with van der Waals surface area (Å²) in [5.41, 5.74) is 3.39. The normalized spacial score (nSPS) is 18.6. The van der Waals surface area contributed by atoms with Gasteiger partial charge < -0.3 is 5.32 Å². The highest BCUT2D eigenvalue weighted by Gasteiger charge is 2.33. The third-order valence-corrected chi connectivity index (χ3v) is 6.96. The van der Waals surface area contributed by atoms with Gasteiger partial charge in [0.15, 0.2) is 0 Å². The summed E-state index contributed by atoms with van der Waals surface area (Å²) in [6, 6.07) is 20.7. The van der Waals surface area contributed by atoms with Crippen molar-refractivity contribution in [1.29, 1.82) is 0 Å². The number of nitrogens with one attached hydrogen (secondary N) is 1. The van der Waals surface area contributed by atoms with Gasteiger partial charge in [-0.05, 0) is 18.4 Å². The van der Waals surface area contributed by atoms with Gasteiger partial charge in [0.2, 0.25) is 5.91 Å². The number of carbonyl (C=O) groups is 1. The molecule has 0 unspecified atom stereocenters. The third-order valence-electron chi connectivity index (χ3n) is 6.02. The molecule has 0 radical (unpaired) electrons. The number of hydrogen-bond acceptors (Lipinski definition) is 5. The van der Waals surface area contributed by atoms with E-state index in [9.17, 15) is 4.79 Å². The van der Waals surface area contributed by atoms with Crippen molar-refractivity contribution >= 4 is 17.2 Å². The van der Waals surface area contributed by atoms with Gasteiger partial charge in [0, 0.05) is 49.7 Å². The van der Waals surface area contributed by atoms with Gasteiger partial charge >= 0.3 is 0 Å². The van der Waals surface area contributed by atoms with Crippen LogP contribution in [0.3, 0.4) is 0 Å². The summed E-state index contributed by atoms with van der Waals surface area (Å²) >= 11 is 1.71. The van der Waals surface area contributed by atoms with E-state index in [0.717, 1.165) is 61.8 Å². The lowest BCUT2D eigenvalue weighted by Crippen LogP contribution is -2.51. The Balaban J connectivity index is 1.21. The van der Waals surface area contributed by atoms with Gasteiger partial charge in [-0.2, -0.15) is 0 Å². The Morgan fingerprint density at radius 1 is 1.00 bits per heavy atom. The molecule has 2 aliphatic rings. The first-order valence-corrected chi connectivity index (χ1v) is 12.0. The minimum Gasteiger partial charge on any atom is -0.352 e. The van der Waals surface area contributed by atoms with Crippen molar-refractivity contribution in [1.82, 2.24) is 20.1 Å². The number of nitrogens with zero attached hydrogens (tertiary/aromatic N) is 3. The summed E-state index contributed by atoms with van der Waals surface area (Å²) in [5, 5.41) is 6.47. The molecule has 2 fully saturated rings. The molecule has 2 aromatic carbocycles. The molecule has 1 atom stereocenters. The average molecular weight is 433 g/mol. The zero-order valence-electron chi connectivity index (χ0n) is 17.6. The molecule has 31 heavy (non-hydrogen) atoms. The molecule has 1 amide bonds. The lowest BCUT2D eigenvalue weighted by Gasteiger charge is -2.38. The second-order valence-electron chi connectivity index (χ2n) is 8.42. The third kappa shape index (κ3) is 5.03. The quantitative estimate of drug-likeness (QED) is 0.614. The first-order valence-electron chi connectivity index (χ1n) is 11.1. The van der Waals surface area contributed by atoms with E-state index in [1.54, 1.807) is 11.3 Å². The Kier molecular flexibility index (Phi) is 6.11. The standard InChI is InChI=1S/C25H28N4OS/c30-24(26-21-11-12-21)23(19-7-3-1-4-8-19)29-15-13-28(14-16-29)17-22-18-31-25(27-22)20-9-5-2-6-10-20/h1-10,18,21,23H,11-17H2,(H,26,30)/t23-/m1/s1. The van der Waals surface area contributed by atoms with Gasteiger partial charge in [-0.1, -0.05) is 60.7 Å². The summed E-state index contributed by atoms with van der Waals surface area (Å²) < 4.78 is 0. The summed E-state index contributed by atoms with van der Waals surface area (Å²) in [4.78, 5) is 22.7. The Morgan fingerprint density at radius 3 is 2.35 bits per heavy atom. The van der Waals surface area contributed by atoms with Crippen molar-refractivity contribution in [2.24, 2.45) is 0 Å². The molecule has 0 bridgehead atoms. The van der Waals surface area contributed by atoms with E-state index < -0.39 is 0 Å². The van der Waals surface area contributed by atoms with Crippen LogP contribution in [0.15, 0.2) is 66.0 Å². The Hall–Kier alpha value is -2.54. The zero-order chi connectivity index (χ0) is 21.0. The molecular formula is C25H28N4OS. The van der Waals surface area contributed by atoms with Crippen molar-refractivity contribution in [3.05, 3.63) is 77.3 Å². The number of piperazine rings is 1. The summed E-state index contributed by atoms with van der Waals surface area (Å²) in [5.74, 6) is 0.147. The van der Waals surface area contributed by atoms with E-state index in [1.165, 1.54) is 5.56 Å². The first kappa shape index (κ1) is 20.4. The van der Waals surface area contributed by atoms with Crippen LogP contribution >= 0.6 is 11.3 Å². The smallest absolute Gasteiger partial charge is 0.242 e. The predicted molar refractivity (Wildman–Crippen MR) is 125 cm³/mol. The van der Waals surface area contributed by atoms with E-state index in [2.05, 4.69) is 56.9 Å². The minimum absolute atomic E-state index is 0.147. The van der Waals surface area contributed by atoms with Crippen LogP contribution in [0.2, 0.25) is 0 Å². The molecule has 0 spiro atoms. The second-order valence-corrected chi connectivity index (χ2v) is 9.28. The monoisotopic (exact) mass is 432 g/mol. The lowest BCUT2D eigenvalue weighted by atomic mass is 10.0. The SMILES string of the molecule is O=C(NC1CC1)[C@@H](c1ccccc1)N1CCN(Cc2csc(-c3ccccc3)n2)CC1. The maximum absolute atomic E-state index is 13.0. The van der Waals surface area contributed by atoms with E-state index >= 15 is 0 Å². The largest absolute Gasteiger partial charge is 0.352 e. The number of aromatic nitrogens is 1. The van der Waals surface area contributed by atoms with Crippen LogP contribution in [0.4, 0.5) is 0 Å². The number of rotatable bonds is 7. The van der Waals surface area contributed by atoms with Gasteiger partial charge in [0.1, 0.15) is 11.0 Å². The van der Waals surface area contributed by atoms with E-state index in [4.69, 9.17) is 4.98 Å². The molecule has 5 nitrogen and oxygen atoms in total. The lowest BCUT2D eigenvalue weighted by molar-refractivity contribution is -0.127. The first-order chi connectivity index (χ1) is 15.3. The van der Waals surface area contributed by atoms with Crippen molar-refractivity contribution in [3.8, 4) is 10.6 Å². The molecule has 5 rings (SSSR count). The van der Waals surface area contributed by atoms with E-state index in [-0.39, 0.29) is 11.9 Å². The van der Waals surface area contributed by atoms with E-state index in [0.29, 0.717) is 6.04 Å². The molecule has 1 N–H and O–H groups in total. The molecule has 1 aliphatic heterocycles. The van der Waals surface area contributed by atoms with Crippen LogP contribution < -0.4 is 5.32 Å². The highest BCUT2D eigenvalue weighted by Crippen LogP contribution is 2.27. The number of thiazole rings is 1. The van der Waals surface area contributed by atoms with Gasteiger partial charge in [0.05, 0.1) is 5.69 Å². The molecule has 2 heterocycles. The molecule has 1 aliphatic carbocycles. The topological polar surface area (TPSA) is 48.5 Å².